The van der Waals surface area contributed by atoms with E-state index in [2.05, 4.69) is 21.2 Å². The number of nitrogens with zero attached hydrogens (tertiary/aromatic N) is 2. The fourth-order valence-corrected chi connectivity index (χ4v) is 2.84. The first kappa shape index (κ1) is 17.5. The van der Waals surface area contributed by atoms with Crippen LogP contribution in [0.4, 0.5) is 0 Å². The minimum atomic E-state index is -0.592. The van der Waals surface area contributed by atoms with Crippen LogP contribution in [0.3, 0.4) is 0 Å². The lowest BCUT2D eigenvalue weighted by molar-refractivity contribution is -0.147. The van der Waals surface area contributed by atoms with Gasteiger partial charge in [-0.15, -0.1) is 0 Å². The fraction of sp³-hybridized carbons (Fsp3) is 0.438. The molecule has 0 aromatic heterocycles. The molecule has 124 valence electrons. The average molecular weight is 382 g/mol. The summed E-state index contributed by atoms with van der Waals surface area (Å²) < 4.78 is 0.750. The molecule has 0 bridgehead atoms. The highest BCUT2D eigenvalue weighted by atomic mass is 79.9. The van der Waals surface area contributed by atoms with Crippen LogP contribution in [-0.2, 0) is 9.59 Å². The molecule has 1 aromatic carbocycles. The molecule has 2 rings (SSSR count). The second-order valence-electron chi connectivity index (χ2n) is 5.69. The largest absolute Gasteiger partial charge is 0.346 e. The quantitative estimate of drug-likeness (QED) is 0.783. The second-order valence-corrected chi connectivity index (χ2v) is 6.55. The van der Waals surface area contributed by atoms with Gasteiger partial charge < -0.3 is 15.1 Å². The monoisotopic (exact) mass is 381 g/mol. The molecule has 0 saturated carbocycles. The average Bonchev–Trinajstić information content (AvgIpc) is 2.53. The van der Waals surface area contributed by atoms with Gasteiger partial charge in [-0.1, -0.05) is 12.1 Å². The minimum Gasteiger partial charge on any atom is -0.346 e. The highest BCUT2D eigenvalue weighted by Crippen LogP contribution is 2.18. The number of nitrogens with one attached hydrogen (secondary N) is 1. The van der Waals surface area contributed by atoms with E-state index in [0.717, 1.165) is 4.47 Å². The summed E-state index contributed by atoms with van der Waals surface area (Å²) in [6.45, 7) is 5.17. The van der Waals surface area contributed by atoms with Crippen LogP contribution < -0.4 is 5.32 Å². The lowest BCUT2D eigenvalue weighted by Crippen LogP contribution is -2.54. The van der Waals surface area contributed by atoms with E-state index in [4.69, 9.17) is 0 Å². The van der Waals surface area contributed by atoms with Crippen LogP contribution in [0.15, 0.2) is 28.7 Å². The number of benzene rings is 1. The number of amides is 3. The Balaban J connectivity index is 1.94. The van der Waals surface area contributed by atoms with Crippen molar-refractivity contribution in [1.29, 1.82) is 0 Å². The highest BCUT2D eigenvalue weighted by molar-refractivity contribution is 9.10. The molecular formula is C16H20BrN3O3. The molecule has 6 nitrogen and oxygen atoms in total. The third-order valence-corrected chi connectivity index (χ3v) is 4.26. The van der Waals surface area contributed by atoms with Crippen molar-refractivity contribution < 1.29 is 14.4 Å². The van der Waals surface area contributed by atoms with E-state index in [1.54, 1.807) is 24.8 Å². The molecule has 1 N–H and O–H groups in total. The van der Waals surface area contributed by atoms with Crippen molar-refractivity contribution in [3.8, 4) is 0 Å². The fourth-order valence-electron chi connectivity index (χ4n) is 2.39. The Kier molecular flexibility index (Phi) is 5.76. The summed E-state index contributed by atoms with van der Waals surface area (Å²) >= 11 is 3.38. The summed E-state index contributed by atoms with van der Waals surface area (Å²) in [4.78, 5) is 39.5. The predicted molar refractivity (Wildman–Crippen MR) is 89.9 cm³/mol. The Morgan fingerprint density at radius 2 is 1.61 bits per heavy atom. The Labute approximate surface area is 143 Å². The molecular weight excluding hydrogens is 362 g/mol. The summed E-state index contributed by atoms with van der Waals surface area (Å²) in [7, 11) is 0. The van der Waals surface area contributed by atoms with Gasteiger partial charge in [-0.2, -0.15) is 0 Å². The summed E-state index contributed by atoms with van der Waals surface area (Å²) in [6.07, 6.45) is 0. The Morgan fingerprint density at radius 3 is 2.17 bits per heavy atom. The van der Waals surface area contributed by atoms with Crippen molar-refractivity contribution in [2.24, 2.45) is 0 Å². The van der Waals surface area contributed by atoms with Crippen LogP contribution in [0.5, 0.6) is 0 Å². The molecule has 1 aliphatic rings. The van der Waals surface area contributed by atoms with Crippen LogP contribution in [0, 0.1) is 0 Å². The van der Waals surface area contributed by atoms with Crippen molar-refractivity contribution >= 4 is 33.7 Å². The van der Waals surface area contributed by atoms with Gasteiger partial charge in [0.2, 0.25) is 0 Å². The van der Waals surface area contributed by atoms with Crippen LogP contribution in [-0.4, -0.2) is 59.7 Å². The number of piperazine rings is 1. The maximum atomic E-state index is 12.5. The number of carbonyl (C=O) groups excluding carboxylic acids is 3. The summed E-state index contributed by atoms with van der Waals surface area (Å²) in [5.74, 6) is -1.20. The molecule has 0 atom stereocenters. The first-order chi connectivity index (χ1) is 10.9. The maximum Gasteiger partial charge on any atom is 0.312 e. The van der Waals surface area contributed by atoms with E-state index in [1.807, 2.05) is 18.2 Å². The Hall–Kier alpha value is -1.89. The molecule has 3 amide bonds. The molecule has 0 radical (unpaired) electrons. The van der Waals surface area contributed by atoms with E-state index in [9.17, 15) is 14.4 Å². The number of halogens is 1. The van der Waals surface area contributed by atoms with E-state index in [-0.39, 0.29) is 11.9 Å². The molecule has 1 fully saturated rings. The summed E-state index contributed by atoms with van der Waals surface area (Å²) in [5.41, 5.74) is 0.602. The van der Waals surface area contributed by atoms with Gasteiger partial charge in [0.25, 0.3) is 5.91 Å². The standard InChI is InChI=1S/C16H20BrN3O3/c1-11(2)18-14(21)16(23)20-9-7-19(8-10-20)15(22)12-5-3-4-6-13(12)17/h3-6,11H,7-10H2,1-2H3,(H,18,21). The van der Waals surface area contributed by atoms with E-state index in [0.29, 0.717) is 31.7 Å². The Morgan fingerprint density at radius 1 is 1.04 bits per heavy atom. The molecule has 23 heavy (non-hydrogen) atoms. The van der Waals surface area contributed by atoms with Crippen molar-refractivity contribution in [3.05, 3.63) is 34.3 Å². The van der Waals surface area contributed by atoms with E-state index < -0.39 is 11.8 Å². The van der Waals surface area contributed by atoms with Gasteiger partial charge in [0.05, 0.1) is 5.56 Å². The van der Waals surface area contributed by atoms with Gasteiger partial charge in [-0.05, 0) is 41.9 Å². The zero-order valence-electron chi connectivity index (χ0n) is 13.2. The van der Waals surface area contributed by atoms with Crippen LogP contribution >= 0.6 is 15.9 Å². The lowest BCUT2D eigenvalue weighted by Gasteiger charge is -2.34. The third kappa shape index (κ3) is 4.31. The molecule has 1 aliphatic heterocycles. The first-order valence-corrected chi connectivity index (χ1v) is 8.33. The number of rotatable bonds is 2. The maximum absolute atomic E-state index is 12.5. The number of hydrogen-bond donors (Lipinski definition) is 1. The van der Waals surface area contributed by atoms with Crippen molar-refractivity contribution in [2.75, 3.05) is 26.2 Å². The topological polar surface area (TPSA) is 69.7 Å². The normalized spacial score (nSPS) is 14.8. The van der Waals surface area contributed by atoms with Gasteiger partial charge in [0.1, 0.15) is 0 Å². The van der Waals surface area contributed by atoms with E-state index >= 15 is 0 Å². The molecule has 0 aliphatic carbocycles. The SMILES string of the molecule is CC(C)NC(=O)C(=O)N1CCN(C(=O)c2ccccc2Br)CC1. The van der Waals surface area contributed by atoms with Gasteiger partial charge >= 0.3 is 11.8 Å². The molecule has 0 spiro atoms. The lowest BCUT2D eigenvalue weighted by atomic mass is 10.2. The van der Waals surface area contributed by atoms with Crippen molar-refractivity contribution in [2.45, 2.75) is 19.9 Å². The predicted octanol–water partition coefficient (Wildman–Crippen LogP) is 1.26. The molecule has 1 saturated heterocycles. The molecule has 0 unspecified atom stereocenters. The molecule has 7 heteroatoms. The Bertz CT molecular complexity index is 610. The summed E-state index contributed by atoms with van der Waals surface area (Å²) in [6, 6.07) is 7.17. The molecule has 1 heterocycles. The minimum absolute atomic E-state index is 0.0730. The third-order valence-electron chi connectivity index (χ3n) is 3.57. The van der Waals surface area contributed by atoms with Gasteiger partial charge in [0.15, 0.2) is 0 Å². The summed E-state index contributed by atoms with van der Waals surface area (Å²) in [5, 5.41) is 2.59. The second kappa shape index (κ2) is 7.59. The zero-order chi connectivity index (χ0) is 17.0. The van der Waals surface area contributed by atoms with Gasteiger partial charge in [-0.3, -0.25) is 14.4 Å². The van der Waals surface area contributed by atoms with Gasteiger partial charge in [-0.25, -0.2) is 0 Å². The smallest absolute Gasteiger partial charge is 0.312 e. The van der Waals surface area contributed by atoms with Gasteiger partial charge in [0, 0.05) is 36.7 Å². The van der Waals surface area contributed by atoms with Crippen LogP contribution in [0.1, 0.15) is 24.2 Å². The van der Waals surface area contributed by atoms with Crippen molar-refractivity contribution in [3.63, 3.8) is 0 Å². The molecule has 1 aromatic rings. The number of carbonyl (C=O) groups is 3. The zero-order valence-corrected chi connectivity index (χ0v) is 14.8. The van der Waals surface area contributed by atoms with Crippen molar-refractivity contribution in [1.82, 2.24) is 15.1 Å². The van der Waals surface area contributed by atoms with Crippen LogP contribution in [0.2, 0.25) is 0 Å². The highest BCUT2D eigenvalue weighted by Gasteiger charge is 2.28. The first-order valence-electron chi connectivity index (χ1n) is 7.53. The number of hydrogen-bond acceptors (Lipinski definition) is 3. The van der Waals surface area contributed by atoms with E-state index in [1.165, 1.54) is 4.90 Å². The van der Waals surface area contributed by atoms with Crippen LogP contribution in [0.25, 0.3) is 0 Å².